The Morgan fingerprint density at radius 1 is 1.30 bits per heavy atom. The van der Waals surface area contributed by atoms with E-state index in [4.69, 9.17) is 5.73 Å². The van der Waals surface area contributed by atoms with E-state index in [0.717, 1.165) is 36.0 Å². The topological polar surface area (TPSA) is 103 Å². The van der Waals surface area contributed by atoms with Gasteiger partial charge >= 0.3 is 0 Å². The number of hydrogen-bond donors (Lipinski definition) is 2. The molecule has 1 aliphatic rings. The summed E-state index contributed by atoms with van der Waals surface area (Å²) in [7, 11) is 1.81. The Kier molecular flexibility index (Phi) is 3.79. The van der Waals surface area contributed by atoms with Crippen LogP contribution in [0.5, 0.6) is 0 Å². The van der Waals surface area contributed by atoms with E-state index in [2.05, 4.69) is 15.4 Å². The molecule has 2 aromatic heterocycles. The number of nitrogens with zero attached hydrogens (tertiary/aromatic N) is 3. The number of hydrogen-bond acceptors (Lipinski definition) is 4. The third-order valence-electron chi connectivity index (χ3n) is 4.66. The van der Waals surface area contributed by atoms with Gasteiger partial charge in [0.1, 0.15) is 5.54 Å². The molecule has 0 bridgehead atoms. The van der Waals surface area contributed by atoms with E-state index in [-0.39, 0.29) is 5.91 Å². The van der Waals surface area contributed by atoms with Crippen molar-refractivity contribution in [2.45, 2.75) is 44.6 Å². The van der Waals surface area contributed by atoms with E-state index < -0.39 is 11.4 Å². The molecule has 1 saturated carbocycles. The van der Waals surface area contributed by atoms with E-state index in [1.54, 1.807) is 10.7 Å². The highest BCUT2D eigenvalue weighted by Gasteiger charge is 2.39. The zero-order valence-corrected chi connectivity index (χ0v) is 13.4. The minimum absolute atomic E-state index is 0.316. The fraction of sp³-hybridized carbons (Fsp3) is 0.500. The van der Waals surface area contributed by atoms with Gasteiger partial charge in [-0.15, -0.1) is 0 Å². The molecule has 0 unspecified atom stereocenters. The molecule has 0 aliphatic heterocycles. The fourth-order valence-corrected chi connectivity index (χ4v) is 3.31. The molecule has 2 aromatic rings. The largest absolute Gasteiger partial charge is 0.368 e. The summed E-state index contributed by atoms with van der Waals surface area (Å²) in [6, 6.07) is 1.76. The number of carbonyl (C=O) groups excluding carboxylic acids is 2. The van der Waals surface area contributed by atoms with Gasteiger partial charge in [-0.2, -0.15) is 5.10 Å². The van der Waals surface area contributed by atoms with Crippen molar-refractivity contribution < 1.29 is 9.59 Å². The summed E-state index contributed by atoms with van der Waals surface area (Å²) in [4.78, 5) is 28.8. The summed E-state index contributed by atoms with van der Waals surface area (Å²) in [5, 5.41) is 7.99. The van der Waals surface area contributed by atoms with Crippen LogP contribution < -0.4 is 11.1 Å². The standard InChI is InChI=1S/C16H21N5O2/c1-10-12-8-11(9-18-13(12)21(2)20-10)14(22)19-16(15(17)23)6-4-3-5-7-16/h8-9H,3-7H2,1-2H3,(H2,17,23)(H,19,22). The van der Waals surface area contributed by atoms with Gasteiger partial charge in [0.25, 0.3) is 5.91 Å². The second-order valence-electron chi connectivity index (χ2n) is 6.27. The molecule has 0 radical (unpaired) electrons. The average Bonchev–Trinajstić information content (AvgIpc) is 2.82. The quantitative estimate of drug-likeness (QED) is 0.888. The molecular formula is C16H21N5O2. The number of fused-ring (bicyclic) bond motifs is 1. The summed E-state index contributed by atoms with van der Waals surface area (Å²) < 4.78 is 1.68. The molecule has 2 amide bonds. The summed E-state index contributed by atoms with van der Waals surface area (Å²) in [5.74, 6) is -0.777. The van der Waals surface area contributed by atoms with E-state index in [1.165, 1.54) is 6.20 Å². The first-order chi connectivity index (χ1) is 10.9. The van der Waals surface area contributed by atoms with Gasteiger partial charge in [0, 0.05) is 18.6 Å². The summed E-state index contributed by atoms with van der Waals surface area (Å²) in [5.41, 5.74) is 6.58. The number of primary amides is 1. The number of aromatic nitrogens is 3. The van der Waals surface area contributed by atoms with Crippen LogP contribution >= 0.6 is 0 Å². The highest BCUT2D eigenvalue weighted by atomic mass is 16.2. The summed E-state index contributed by atoms with van der Waals surface area (Å²) >= 11 is 0. The molecule has 0 aromatic carbocycles. The first-order valence-electron chi connectivity index (χ1n) is 7.85. The predicted octanol–water partition coefficient (Wildman–Crippen LogP) is 1.19. The van der Waals surface area contributed by atoms with Crippen molar-refractivity contribution >= 4 is 22.8 Å². The second kappa shape index (κ2) is 5.64. The summed E-state index contributed by atoms with van der Waals surface area (Å²) in [6.45, 7) is 1.87. The number of carbonyl (C=O) groups is 2. The summed E-state index contributed by atoms with van der Waals surface area (Å²) in [6.07, 6.45) is 5.54. The van der Waals surface area contributed by atoms with Crippen LogP contribution in [-0.2, 0) is 11.8 Å². The van der Waals surface area contributed by atoms with E-state index in [0.29, 0.717) is 18.4 Å². The van der Waals surface area contributed by atoms with E-state index in [9.17, 15) is 9.59 Å². The Balaban J connectivity index is 1.90. The van der Waals surface area contributed by atoms with E-state index in [1.807, 2.05) is 14.0 Å². The van der Waals surface area contributed by atoms with Crippen LogP contribution in [0, 0.1) is 6.92 Å². The maximum Gasteiger partial charge on any atom is 0.253 e. The number of pyridine rings is 1. The van der Waals surface area contributed by atoms with Crippen molar-refractivity contribution in [3.8, 4) is 0 Å². The van der Waals surface area contributed by atoms with Crippen LogP contribution in [0.1, 0.15) is 48.2 Å². The van der Waals surface area contributed by atoms with Gasteiger partial charge in [-0.05, 0) is 25.8 Å². The van der Waals surface area contributed by atoms with E-state index >= 15 is 0 Å². The van der Waals surface area contributed by atoms with Gasteiger partial charge in [-0.1, -0.05) is 19.3 Å². The number of amides is 2. The lowest BCUT2D eigenvalue weighted by atomic mass is 9.81. The van der Waals surface area contributed by atoms with Crippen LogP contribution in [0.15, 0.2) is 12.3 Å². The zero-order valence-electron chi connectivity index (χ0n) is 13.4. The molecule has 0 atom stereocenters. The maximum absolute atomic E-state index is 12.6. The zero-order chi connectivity index (χ0) is 16.6. The number of aryl methyl sites for hydroxylation is 2. The van der Waals surface area contributed by atoms with Gasteiger partial charge < -0.3 is 11.1 Å². The van der Waals surface area contributed by atoms with Gasteiger partial charge in [0.05, 0.1) is 11.3 Å². The van der Waals surface area contributed by atoms with Gasteiger partial charge in [-0.25, -0.2) is 4.98 Å². The predicted molar refractivity (Wildman–Crippen MR) is 85.7 cm³/mol. The first-order valence-corrected chi connectivity index (χ1v) is 7.85. The highest BCUT2D eigenvalue weighted by Crippen LogP contribution is 2.28. The maximum atomic E-state index is 12.6. The molecule has 3 N–H and O–H groups in total. The smallest absolute Gasteiger partial charge is 0.253 e. The minimum atomic E-state index is -0.936. The van der Waals surface area contributed by atoms with Crippen LogP contribution in [0.25, 0.3) is 11.0 Å². The first kappa shape index (κ1) is 15.5. The Bertz CT molecular complexity index is 774. The van der Waals surface area contributed by atoms with Gasteiger partial charge in [-0.3, -0.25) is 14.3 Å². The minimum Gasteiger partial charge on any atom is -0.368 e. The lowest BCUT2D eigenvalue weighted by Crippen LogP contribution is -2.58. The van der Waals surface area contributed by atoms with Crippen molar-refractivity contribution in [1.29, 1.82) is 0 Å². The lowest BCUT2D eigenvalue weighted by Gasteiger charge is -2.35. The monoisotopic (exact) mass is 315 g/mol. The molecule has 1 aliphatic carbocycles. The third kappa shape index (κ3) is 2.67. The van der Waals surface area contributed by atoms with Crippen molar-refractivity contribution in [3.63, 3.8) is 0 Å². The Hall–Kier alpha value is -2.44. The second-order valence-corrected chi connectivity index (χ2v) is 6.27. The molecule has 7 nitrogen and oxygen atoms in total. The molecule has 3 rings (SSSR count). The van der Waals surface area contributed by atoms with Crippen LogP contribution in [-0.4, -0.2) is 32.1 Å². The molecule has 1 fully saturated rings. The average molecular weight is 315 g/mol. The third-order valence-corrected chi connectivity index (χ3v) is 4.66. The normalized spacial score (nSPS) is 17.1. The lowest BCUT2D eigenvalue weighted by molar-refractivity contribution is -0.125. The number of nitrogens with two attached hydrogens (primary N) is 1. The Labute approximate surface area is 134 Å². The number of rotatable bonds is 3. The SMILES string of the molecule is Cc1nn(C)c2ncc(C(=O)NC3(C(N)=O)CCCCC3)cc12. The molecular weight excluding hydrogens is 294 g/mol. The Morgan fingerprint density at radius 2 is 2.00 bits per heavy atom. The molecule has 2 heterocycles. The molecule has 0 saturated heterocycles. The molecule has 122 valence electrons. The van der Waals surface area contributed by atoms with Crippen molar-refractivity contribution in [1.82, 2.24) is 20.1 Å². The fourth-order valence-electron chi connectivity index (χ4n) is 3.31. The number of nitrogens with one attached hydrogen (secondary N) is 1. The van der Waals surface area contributed by atoms with Gasteiger partial charge in [0.15, 0.2) is 5.65 Å². The molecule has 23 heavy (non-hydrogen) atoms. The van der Waals surface area contributed by atoms with Gasteiger partial charge in [0.2, 0.25) is 5.91 Å². The van der Waals surface area contributed by atoms with Crippen molar-refractivity contribution in [2.24, 2.45) is 12.8 Å². The highest BCUT2D eigenvalue weighted by molar-refractivity contribution is 6.00. The van der Waals surface area contributed by atoms with Crippen molar-refractivity contribution in [3.05, 3.63) is 23.5 Å². The molecule has 0 spiro atoms. The van der Waals surface area contributed by atoms with Crippen LogP contribution in [0.3, 0.4) is 0 Å². The molecule has 7 heteroatoms. The Morgan fingerprint density at radius 3 is 2.65 bits per heavy atom. The van der Waals surface area contributed by atoms with Crippen LogP contribution in [0.4, 0.5) is 0 Å². The van der Waals surface area contributed by atoms with Crippen molar-refractivity contribution in [2.75, 3.05) is 0 Å². The van der Waals surface area contributed by atoms with Crippen LogP contribution in [0.2, 0.25) is 0 Å².